The molecule has 1 fully saturated rings. The van der Waals surface area contributed by atoms with Gasteiger partial charge in [-0.15, -0.1) is 11.3 Å². The lowest BCUT2D eigenvalue weighted by molar-refractivity contribution is 0.0647. The number of carbonyl (C=O) groups excluding carboxylic acids is 1. The van der Waals surface area contributed by atoms with Gasteiger partial charge >= 0.3 is 0 Å². The van der Waals surface area contributed by atoms with Gasteiger partial charge in [-0.05, 0) is 56.7 Å². The summed E-state index contributed by atoms with van der Waals surface area (Å²) in [6.07, 6.45) is 8.05. The van der Waals surface area contributed by atoms with E-state index in [1.54, 1.807) is 6.20 Å². The maximum absolute atomic E-state index is 12.7. The Morgan fingerprint density at radius 3 is 2.71 bits per heavy atom. The van der Waals surface area contributed by atoms with Gasteiger partial charge in [0.05, 0.1) is 16.4 Å². The van der Waals surface area contributed by atoms with E-state index < -0.39 is 0 Å². The lowest BCUT2D eigenvalue weighted by Gasteiger charge is -2.26. The monoisotopic (exact) mass is 485 g/mol. The van der Waals surface area contributed by atoms with Crippen molar-refractivity contribution in [3.05, 3.63) is 35.1 Å². The van der Waals surface area contributed by atoms with Crippen LogP contribution in [0.4, 0.5) is 11.5 Å². The van der Waals surface area contributed by atoms with Crippen molar-refractivity contribution in [1.29, 1.82) is 0 Å². The van der Waals surface area contributed by atoms with Crippen LogP contribution in [0.2, 0.25) is 0 Å². The summed E-state index contributed by atoms with van der Waals surface area (Å²) in [7, 11) is 0. The first kappa shape index (κ1) is 25.8. The number of fused-ring (bicyclic) bond motifs is 1. The molecule has 3 heterocycles. The lowest BCUT2D eigenvalue weighted by Crippen LogP contribution is -2.27. The van der Waals surface area contributed by atoms with Gasteiger partial charge in [-0.25, -0.2) is 15.0 Å². The quantitative estimate of drug-likeness (QED) is 0.368. The molecule has 4 rings (SSSR count). The maximum Gasteiger partial charge on any atom is 0.261 e. The van der Waals surface area contributed by atoms with E-state index in [2.05, 4.69) is 32.5 Å². The Bertz CT molecular complexity index is 1080. The molecule has 34 heavy (non-hydrogen) atoms. The molecule has 0 saturated heterocycles. The number of ether oxygens (including phenoxy) is 1. The molecule has 0 aliphatic heterocycles. The summed E-state index contributed by atoms with van der Waals surface area (Å²) < 4.78 is 6.16. The molecule has 0 unspecified atom stereocenters. The Hall–Kier alpha value is -2.78. The predicted molar refractivity (Wildman–Crippen MR) is 137 cm³/mol. The Morgan fingerprint density at radius 2 is 1.97 bits per heavy atom. The minimum atomic E-state index is -0.236. The van der Waals surface area contributed by atoms with Crippen molar-refractivity contribution in [1.82, 2.24) is 20.3 Å². The third-order valence-corrected chi connectivity index (χ3v) is 6.89. The summed E-state index contributed by atoms with van der Waals surface area (Å²) in [6.45, 7) is 8.68. The van der Waals surface area contributed by atoms with Crippen LogP contribution in [0.15, 0.2) is 24.7 Å². The van der Waals surface area contributed by atoms with E-state index in [4.69, 9.17) is 4.74 Å². The van der Waals surface area contributed by atoms with Gasteiger partial charge in [-0.2, -0.15) is 0 Å². The van der Waals surface area contributed by atoms with E-state index in [1.165, 1.54) is 17.7 Å². The van der Waals surface area contributed by atoms with Crippen molar-refractivity contribution >= 4 is 39.0 Å². The standard InChI is InChI=1S/C23H29N5O3S.C2H6/c1-3-4-11-24-21(30)19-14(2)18-20(26-13-27-23(18)32-19)28-17-6-5-12-25-22(17)31-16-9-7-15(29)8-10-16;1-2/h5-6,12-13,15-16,29H,3-4,7-11H2,1-2H3,(H,24,30)(H,26,27,28);1-2H3. The summed E-state index contributed by atoms with van der Waals surface area (Å²) in [5.74, 6) is 1.05. The average Bonchev–Trinajstić information content (AvgIpc) is 3.20. The highest BCUT2D eigenvalue weighted by Gasteiger charge is 2.23. The van der Waals surface area contributed by atoms with Gasteiger partial charge in [0.2, 0.25) is 5.88 Å². The van der Waals surface area contributed by atoms with Crippen LogP contribution in [-0.2, 0) is 0 Å². The van der Waals surface area contributed by atoms with Crippen molar-refractivity contribution in [2.75, 3.05) is 11.9 Å². The van der Waals surface area contributed by atoms with Crippen LogP contribution in [-0.4, -0.2) is 44.7 Å². The van der Waals surface area contributed by atoms with Gasteiger partial charge in [0.1, 0.15) is 28.8 Å². The second kappa shape index (κ2) is 12.6. The number of rotatable bonds is 8. The normalized spacial score (nSPS) is 17.6. The molecule has 3 N–H and O–H groups in total. The number of aliphatic hydroxyl groups is 1. The molecule has 1 aliphatic carbocycles. The fourth-order valence-corrected chi connectivity index (χ4v) is 4.94. The summed E-state index contributed by atoms with van der Waals surface area (Å²) >= 11 is 1.37. The molecule has 8 nitrogen and oxygen atoms in total. The predicted octanol–water partition coefficient (Wildman–Crippen LogP) is 5.38. The number of anilines is 2. The van der Waals surface area contributed by atoms with Crippen LogP contribution in [0.25, 0.3) is 10.2 Å². The second-order valence-corrected chi connectivity index (χ2v) is 9.10. The van der Waals surface area contributed by atoms with Crippen molar-refractivity contribution in [2.45, 2.75) is 78.4 Å². The molecule has 0 bridgehead atoms. The molecule has 3 aromatic rings. The van der Waals surface area contributed by atoms with Crippen LogP contribution < -0.4 is 15.4 Å². The second-order valence-electron chi connectivity index (χ2n) is 8.10. The smallest absolute Gasteiger partial charge is 0.261 e. The van der Waals surface area contributed by atoms with Crippen LogP contribution in [0.3, 0.4) is 0 Å². The largest absolute Gasteiger partial charge is 0.473 e. The number of aryl methyl sites for hydroxylation is 1. The summed E-state index contributed by atoms with van der Waals surface area (Å²) in [5.41, 5.74) is 1.56. The van der Waals surface area contributed by atoms with E-state index in [9.17, 15) is 9.90 Å². The first-order valence-electron chi connectivity index (χ1n) is 12.2. The molecule has 1 saturated carbocycles. The number of unbranched alkanes of at least 4 members (excludes halogenated alkanes) is 1. The highest BCUT2D eigenvalue weighted by atomic mass is 32.1. The number of hydrogen-bond donors (Lipinski definition) is 3. The van der Waals surface area contributed by atoms with E-state index in [-0.39, 0.29) is 18.1 Å². The molecular formula is C25H35N5O3S. The van der Waals surface area contributed by atoms with Crippen molar-refractivity contribution in [3.8, 4) is 5.88 Å². The van der Waals surface area contributed by atoms with Crippen LogP contribution in [0, 0.1) is 6.92 Å². The van der Waals surface area contributed by atoms with Gasteiger partial charge in [0, 0.05) is 12.7 Å². The maximum atomic E-state index is 12.7. The Kier molecular flexibility index (Phi) is 9.59. The third kappa shape index (κ3) is 6.21. The Balaban J connectivity index is 0.00000158. The minimum Gasteiger partial charge on any atom is -0.473 e. The summed E-state index contributed by atoms with van der Waals surface area (Å²) in [5, 5.41) is 16.9. The van der Waals surface area contributed by atoms with Gasteiger partial charge in [-0.3, -0.25) is 4.79 Å². The zero-order valence-electron chi connectivity index (χ0n) is 20.4. The molecule has 0 radical (unpaired) electrons. The lowest BCUT2D eigenvalue weighted by atomic mass is 9.95. The molecular weight excluding hydrogens is 450 g/mol. The number of nitrogens with one attached hydrogen (secondary N) is 2. The van der Waals surface area contributed by atoms with Crippen molar-refractivity contribution in [3.63, 3.8) is 0 Å². The average molecular weight is 486 g/mol. The number of amides is 1. The van der Waals surface area contributed by atoms with Crippen molar-refractivity contribution in [2.24, 2.45) is 0 Å². The van der Waals surface area contributed by atoms with E-state index >= 15 is 0 Å². The van der Waals surface area contributed by atoms with Crippen LogP contribution in [0.5, 0.6) is 5.88 Å². The fraction of sp³-hybridized carbons (Fsp3) is 0.520. The minimum absolute atomic E-state index is 0.0283. The number of carbonyl (C=O) groups is 1. The Morgan fingerprint density at radius 1 is 1.21 bits per heavy atom. The first-order chi connectivity index (χ1) is 16.6. The number of aromatic nitrogens is 3. The van der Waals surface area contributed by atoms with Gasteiger partial charge in [0.25, 0.3) is 5.91 Å². The van der Waals surface area contributed by atoms with E-state index in [0.717, 1.165) is 54.3 Å². The van der Waals surface area contributed by atoms with E-state index in [1.807, 2.05) is 32.9 Å². The number of pyridine rings is 1. The number of nitrogens with zero attached hydrogens (tertiary/aromatic N) is 3. The number of aliphatic hydroxyl groups excluding tert-OH is 1. The SMILES string of the molecule is CC.CCCCNC(=O)c1sc2ncnc(Nc3cccnc3OC3CCC(O)CC3)c2c1C. The topological polar surface area (TPSA) is 109 Å². The Labute approximate surface area is 205 Å². The molecule has 1 aliphatic rings. The van der Waals surface area contributed by atoms with Crippen molar-refractivity contribution < 1.29 is 14.6 Å². The summed E-state index contributed by atoms with van der Waals surface area (Å²) in [4.78, 5) is 27.3. The van der Waals surface area contributed by atoms with E-state index in [0.29, 0.717) is 28.8 Å². The molecule has 0 aromatic carbocycles. The molecule has 0 atom stereocenters. The molecule has 3 aromatic heterocycles. The molecule has 1 amide bonds. The van der Waals surface area contributed by atoms with Gasteiger partial charge in [0.15, 0.2) is 0 Å². The fourth-order valence-electron chi connectivity index (χ4n) is 3.87. The zero-order valence-corrected chi connectivity index (χ0v) is 21.2. The third-order valence-electron chi connectivity index (χ3n) is 5.70. The first-order valence-corrected chi connectivity index (χ1v) is 13.0. The highest BCUT2D eigenvalue weighted by Crippen LogP contribution is 2.36. The zero-order chi connectivity index (χ0) is 24.5. The summed E-state index contributed by atoms with van der Waals surface area (Å²) in [6, 6.07) is 3.74. The van der Waals surface area contributed by atoms with Crippen LogP contribution in [0.1, 0.15) is 74.5 Å². The van der Waals surface area contributed by atoms with Gasteiger partial charge in [-0.1, -0.05) is 27.2 Å². The molecule has 0 spiro atoms. The highest BCUT2D eigenvalue weighted by molar-refractivity contribution is 7.20. The number of hydrogen-bond acceptors (Lipinski definition) is 8. The van der Waals surface area contributed by atoms with Gasteiger partial charge < -0.3 is 20.5 Å². The molecule has 184 valence electrons. The van der Waals surface area contributed by atoms with Crippen LogP contribution >= 0.6 is 11.3 Å². The number of thiophene rings is 1. The molecule has 9 heteroatoms.